The van der Waals surface area contributed by atoms with Gasteiger partial charge < -0.3 is 9.67 Å². The van der Waals surface area contributed by atoms with E-state index in [1.165, 1.54) is 12.1 Å². The molecular formula is C11H8N2O4. The maximum absolute atomic E-state index is 10.9. The van der Waals surface area contributed by atoms with Crippen LogP contribution in [0.15, 0.2) is 42.7 Å². The first kappa shape index (κ1) is 10.9. The van der Waals surface area contributed by atoms with E-state index >= 15 is 0 Å². The lowest BCUT2D eigenvalue weighted by molar-refractivity contribution is -0.384. The fourth-order valence-corrected chi connectivity index (χ4v) is 1.52. The standard InChI is InChI=1S/C11H8N2O4/c14-11(15)8-3-4-9(10(7-8)13(16)17)12-5-1-2-6-12/h1-7H,(H,14,15). The molecule has 0 aliphatic carbocycles. The molecule has 0 saturated carbocycles. The van der Waals surface area contributed by atoms with Gasteiger partial charge in [-0.15, -0.1) is 0 Å². The average Bonchev–Trinajstić information content (AvgIpc) is 2.81. The van der Waals surface area contributed by atoms with Crippen molar-refractivity contribution >= 4 is 11.7 Å². The van der Waals surface area contributed by atoms with Gasteiger partial charge in [-0.1, -0.05) is 0 Å². The minimum Gasteiger partial charge on any atom is -0.478 e. The third kappa shape index (κ3) is 2.00. The first-order valence-electron chi connectivity index (χ1n) is 4.74. The summed E-state index contributed by atoms with van der Waals surface area (Å²) in [6.07, 6.45) is 3.31. The molecule has 1 heterocycles. The van der Waals surface area contributed by atoms with Crippen molar-refractivity contribution in [1.82, 2.24) is 4.57 Å². The van der Waals surface area contributed by atoms with E-state index in [9.17, 15) is 14.9 Å². The Morgan fingerprint density at radius 1 is 1.29 bits per heavy atom. The van der Waals surface area contributed by atoms with E-state index in [0.29, 0.717) is 5.69 Å². The van der Waals surface area contributed by atoms with Gasteiger partial charge in [0.15, 0.2) is 0 Å². The highest BCUT2D eigenvalue weighted by Crippen LogP contribution is 2.24. The molecule has 0 spiro atoms. The Morgan fingerprint density at radius 3 is 2.47 bits per heavy atom. The molecule has 0 atom stereocenters. The number of nitro groups is 1. The van der Waals surface area contributed by atoms with Crippen LogP contribution in [0.5, 0.6) is 0 Å². The molecule has 0 saturated heterocycles. The third-order valence-electron chi connectivity index (χ3n) is 2.30. The second kappa shape index (κ2) is 4.09. The molecule has 1 aromatic carbocycles. The highest BCUT2D eigenvalue weighted by atomic mass is 16.6. The molecule has 0 aliphatic rings. The lowest BCUT2D eigenvalue weighted by Crippen LogP contribution is -2.02. The summed E-state index contributed by atoms with van der Waals surface area (Å²) >= 11 is 0. The Bertz CT molecular complexity index is 575. The molecular weight excluding hydrogens is 224 g/mol. The fraction of sp³-hybridized carbons (Fsp3) is 0. The van der Waals surface area contributed by atoms with Crippen molar-refractivity contribution < 1.29 is 14.8 Å². The van der Waals surface area contributed by atoms with Crippen LogP contribution >= 0.6 is 0 Å². The van der Waals surface area contributed by atoms with E-state index in [1.807, 2.05) is 0 Å². The maximum atomic E-state index is 10.9. The molecule has 2 rings (SSSR count). The molecule has 6 heteroatoms. The second-order valence-corrected chi connectivity index (χ2v) is 3.36. The van der Waals surface area contributed by atoms with Gasteiger partial charge in [0, 0.05) is 18.5 Å². The summed E-state index contributed by atoms with van der Waals surface area (Å²) in [6, 6.07) is 7.27. The second-order valence-electron chi connectivity index (χ2n) is 3.36. The van der Waals surface area contributed by atoms with Gasteiger partial charge in [-0.2, -0.15) is 0 Å². The van der Waals surface area contributed by atoms with Gasteiger partial charge in [0.25, 0.3) is 5.69 Å². The number of carbonyl (C=O) groups is 1. The number of carboxylic acids is 1. The number of rotatable bonds is 3. The van der Waals surface area contributed by atoms with Gasteiger partial charge in [-0.05, 0) is 24.3 Å². The number of nitro benzene ring substituents is 1. The van der Waals surface area contributed by atoms with Gasteiger partial charge in [-0.3, -0.25) is 10.1 Å². The van der Waals surface area contributed by atoms with Crippen molar-refractivity contribution in [3.05, 3.63) is 58.4 Å². The smallest absolute Gasteiger partial charge is 0.335 e. The van der Waals surface area contributed by atoms with Crippen LogP contribution in [0.2, 0.25) is 0 Å². The molecule has 6 nitrogen and oxygen atoms in total. The summed E-state index contributed by atoms with van der Waals surface area (Å²) < 4.78 is 1.56. The van der Waals surface area contributed by atoms with Crippen molar-refractivity contribution in [3.8, 4) is 5.69 Å². The van der Waals surface area contributed by atoms with Gasteiger partial charge in [-0.25, -0.2) is 4.79 Å². The molecule has 0 aliphatic heterocycles. The summed E-state index contributed by atoms with van der Waals surface area (Å²) in [6.45, 7) is 0. The summed E-state index contributed by atoms with van der Waals surface area (Å²) in [5, 5.41) is 19.7. The average molecular weight is 232 g/mol. The Kier molecular flexibility index (Phi) is 2.61. The minimum absolute atomic E-state index is 0.104. The summed E-state index contributed by atoms with van der Waals surface area (Å²) in [7, 11) is 0. The molecule has 0 unspecified atom stereocenters. The van der Waals surface area contributed by atoms with Crippen LogP contribution in [-0.4, -0.2) is 20.6 Å². The highest BCUT2D eigenvalue weighted by molar-refractivity contribution is 5.89. The number of aromatic nitrogens is 1. The van der Waals surface area contributed by atoms with Crippen molar-refractivity contribution in [2.45, 2.75) is 0 Å². The first-order chi connectivity index (χ1) is 8.09. The van der Waals surface area contributed by atoms with E-state index in [-0.39, 0.29) is 11.3 Å². The lowest BCUT2D eigenvalue weighted by atomic mass is 10.1. The number of nitrogens with zero attached hydrogens (tertiary/aromatic N) is 2. The van der Waals surface area contributed by atoms with Crippen molar-refractivity contribution in [2.24, 2.45) is 0 Å². The largest absolute Gasteiger partial charge is 0.478 e. The number of hydrogen-bond acceptors (Lipinski definition) is 3. The molecule has 2 aromatic rings. The first-order valence-corrected chi connectivity index (χ1v) is 4.74. The normalized spacial score (nSPS) is 10.1. The van der Waals surface area contributed by atoms with E-state index in [0.717, 1.165) is 6.07 Å². The molecule has 0 bridgehead atoms. The SMILES string of the molecule is O=C(O)c1ccc(-n2cccc2)c([N+](=O)[O-])c1. The van der Waals surface area contributed by atoms with E-state index in [4.69, 9.17) is 5.11 Å². The Morgan fingerprint density at radius 2 is 1.94 bits per heavy atom. The van der Waals surface area contributed by atoms with Gasteiger partial charge in [0.2, 0.25) is 0 Å². The lowest BCUT2D eigenvalue weighted by Gasteiger charge is -2.04. The third-order valence-corrected chi connectivity index (χ3v) is 2.30. The van der Waals surface area contributed by atoms with Crippen molar-refractivity contribution in [2.75, 3.05) is 0 Å². The molecule has 17 heavy (non-hydrogen) atoms. The Labute approximate surface area is 95.9 Å². The topological polar surface area (TPSA) is 85.4 Å². The van der Waals surface area contributed by atoms with Gasteiger partial charge >= 0.3 is 5.97 Å². The fourth-order valence-electron chi connectivity index (χ4n) is 1.52. The predicted molar refractivity (Wildman–Crippen MR) is 59.4 cm³/mol. The number of benzene rings is 1. The van der Waals surface area contributed by atoms with Gasteiger partial charge in [0.05, 0.1) is 10.5 Å². The quantitative estimate of drug-likeness (QED) is 0.648. The zero-order valence-corrected chi connectivity index (χ0v) is 8.61. The van der Waals surface area contributed by atoms with Crippen LogP contribution in [0.4, 0.5) is 5.69 Å². The van der Waals surface area contributed by atoms with Crippen LogP contribution < -0.4 is 0 Å². The monoisotopic (exact) mass is 232 g/mol. The zero-order chi connectivity index (χ0) is 12.4. The van der Waals surface area contributed by atoms with Crippen LogP contribution in [0.1, 0.15) is 10.4 Å². The molecule has 0 fully saturated rings. The van der Waals surface area contributed by atoms with Crippen LogP contribution in [-0.2, 0) is 0 Å². The predicted octanol–water partition coefficient (Wildman–Crippen LogP) is 2.08. The van der Waals surface area contributed by atoms with Crippen LogP contribution in [0.3, 0.4) is 0 Å². The number of hydrogen-bond donors (Lipinski definition) is 1. The van der Waals surface area contributed by atoms with E-state index < -0.39 is 10.9 Å². The van der Waals surface area contributed by atoms with Crippen LogP contribution in [0.25, 0.3) is 5.69 Å². The van der Waals surface area contributed by atoms with Crippen molar-refractivity contribution in [3.63, 3.8) is 0 Å². The Balaban J connectivity index is 2.61. The van der Waals surface area contributed by atoms with Crippen molar-refractivity contribution in [1.29, 1.82) is 0 Å². The highest BCUT2D eigenvalue weighted by Gasteiger charge is 2.17. The molecule has 1 N–H and O–H groups in total. The Hall–Kier alpha value is -2.63. The molecule has 0 amide bonds. The van der Waals surface area contributed by atoms with Crippen LogP contribution in [0, 0.1) is 10.1 Å². The number of carboxylic acid groups (broad SMARTS) is 1. The number of aromatic carboxylic acids is 1. The van der Waals surface area contributed by atoms with E-state index in [1.54, 1.807) is 29.1 Å². The molecule has 86 valence electrons. The minimum atomic E-state index is -1.19. The summed E-state index contributed by atoms with van der Waals surface area (Å²) in [5.41, 5.74) is -0.00120. The van der Waals surface area contributed by atoms with Gasteiger partial charge in [0.1, 0.15) is 5.69 Å². The summed E-state index contributed by atoms with van der Waals surface area (Å²) in [4.78, 5) is 21.0. The molecule has 0 radical (unpaired) electrons. The maximum Gasteiger partial charge on any atom is 0.335 e. The summed E-state index contributed by atoms with van der Waals surface area (Å²) in [5.74, 6) is -1.19. The molecule has 1 aromatic heterocycles. The van der Waals surface area contributed by atoms with E-state index in [2.05, 4.69) is 0 Å². The zero-order valence-electron chi connectivity index (χ0n) is 8.61.